The Morgan fingerprint density at radius 3 is 2.89 bits per heavy atom. The van der Waals surface area contributed by atoms with Gasteiger partial charge in [0.05, 0.1) is 24.7 Å². The predicted molar refractivity (Wildman–Crippen MR) is 71.9 cm³/mol. The van der Waals surface area contributed by atoms with Crippen molar-refractivity contribution in [3.05, 3.63) is 29.2 Å². The van der Waals surface area contributed by atoms with E-state index in [4.69, 9.17) is 22.1 Å². The van der Waals surface area contributed by atoms with Crippen LogP contribution >= 0.6 is 11.6 Å². The third-order valence-corrected chi connectivity index (χ3v) is 2.83. The standard InChI is InChI=1S/C12H13ClN4O2/c1-3-17-6-7(5-15-17)11-10(12(18)19-2)8(14)4-9(13)16-11/h4-6H,3H2,1-2H3,(H2,14,16). The second-order valence-electron chi connectivity index (χ2n) is 3.83. The maximum Gasteiger partial charge on any atom is 0.342 e. The summed E-state index contributed by atoms with van der Waals surface area (Å²) in [6.45, 7) is 2.67. The number of ether oxygens (including phenoxy) is 1. The Morgan fingerprint density at radius 1 is 1.58 bits per heavy atom. The van der Waals surface area contributed by atoms with E-state index in [-0.39, 0.29) is 16.4 Å². The fourth-order valence-corrected chi connectivity index (χ4v) is 1.92. The molecule has 100 valence electrons. The van der Waals surface area contributed by atoms with Crippen molar-refractivity contribution in [1.29, 1.82) is 0 Å². The first kappa shape index (κ1) is 13.4. The molecule has 0 fully saturated rings. The van der Waals surface area contributed by atoms with Gasteiger partial charge in [-0.05, 0) is 13.0 Å². The second-order valence-corrected chi connectivity index (χ2v) is 4.22. The minimum atomic E-state index is -0.555. The molecule has 2 aromatic rings. The fourth-order valence-electron chi connectivity index (χ4n) is 1.72. The fraction of sp³-hybridized carbons (Fsp3) is 0.250. The molecule has 2 rings (SSSR count). The van der Waals surface area contributed by atoms with E-state index in [0.29, 0.717) is 17.8 Å². The number of nitrogen functional groups attached to an aromatic ring is 1. The largest absolute Gasteiger partial charge is 0.465 e. The van der Waals surface area contributed by atoms with Crippen LogP contribution in [0.2, 0.25) is 5.15 Å². The number of hydrogen-bond acceptors (Lipinski definition) is 5. The highest BCUT2D eigenvalue weighted by Gasteiger charge is 2.20. The maximum atomic E-state index is 11.8. The molecule has 2 aromatic heterocycles. The van der Waals surface area contributed by atoms with Crippen molar-refractivity contribution in [2.75, 3.05) is 12.8 Å². The van der Waals surface area contributed by atoms with Gasteiger partial charge in [0, 0.05) is 18.3 Å². The van der Waals surface area contributed by atoms with Crippen molar-refractivity contribution < 1.29 is 9.53 Å². The van der Waals surface area contributed by atoms with Crippen LogP contribution < -0.4 is 5.73 Å². The maximum absolute atomic E-state index is 11.8. The van der Waals surface area contributed by atoms with Crippen molar-refractivity contribution in [2.45, 2.75) is 13.5 Å². The average Bonchev–Trinajstić information content (AvgIpc) is 2.85. The lowest BCUT2D eigenvalue weighted by molar-refractivity contribution is 0.0602. The number of nitrogens with two attached hydrogens (primary N) is 1. The first-order valence-corrected chi connectivity index (χ1v) is 6.01. The lowest BCUT2D eigenvalue weighted by Crippen LogP contribution is -2.09. The van der Waals surface area contributed by atoms with Crippen LogP contribution in [0.5, 0.6) is 0 Å². The molecule has 2 N–H and O–H groups in total. The van der Waals surface area contributed by atoms with Crippen LogP contribution in [0.15, 0.2) is 18.5 Å². The Morgan fingerprint density at radius 2 is 2.32 bits per heavy atom. The number of carbonyl (C=O) groups is 1. The summed E-state index contributed by atoms with van der Waals surface area (Å²) in [5, 5.41) is 4.35. The zero-order valence-corrected chi connectivity index (χ0v) is 11.3. The molecule has 7 heteroatoms. The van der Waals surface area contributed by atoms with Crippen LogP contribution in [0.25, 0.3) is 11.3 Å². The van der Waals surface area contributed by atoms with Crippen LogP contribution in [-0.4, -0.2) is 27.8 Å². The number of aryl methyl sites for hydroxylation is 1. The van der Waals surface area contributed by atoms with Crippen molar-refractivity contribution in [2.24, 2.45) is 0 Å². The molecule has 0 saturated carbocycles. The lowest BCUT2D eigenvalue weighted by Gasteiger charge is -2.09. The van der Waals surface area contributed by atoms with E-state index in [1.54, 1.807) is 17.1 Å². The van der Waals surface area contributed by atoms with E-state index in [2.05, 4.69) is 10.1 Å². The molecule has 0 bridgehead atoms. The number of nitrogens with zero attached hydrogens (tertiary/aromatic N) is 3. The summed E-state index contributed by atoms with van der Waals surface area (Å²) in [7, 11) is 1.29. The van der Waals surface area contributed by atoms with Gasteiger partial charge in [0.2, 0.25) is 0 Å². The van der Waals surface area contributed by atoms with Gasteiger partial charge in [0.25, 0.3) is 0 Å². The monoisotopic (exact) mass is 280 g/mol. The number of aromatic nitrogens is 3. The minimum absolute atomic E-state index is 0.197. The smallest absolute Gasteiger partial charge is 0.342 e. The van der Waals surface area contributed by atoms with Gasteiger partial charge in [-0.1, -0.05) is 11.6 Å². The van der Waals surface area contributed by atoms with Gasteiger partial charge in [0.1, 0.15) is 10.7 Å². The summed E-state index contributed by atoms with van der Waals surface area (Å²) in [4.78, 5) is 16.0. The summed E-state index contributed by atoms with van der Waals surface area (Å²) in [5.41, 5.74) is 7.28. The molecular weight excluding hydrogens is 268 g/mol. The number of carbonyl (C=O) groups excluding carboxylic acids is 1. The van der Waals surface area contributed by atoms with Crippen molar-refractivity contribution in [3.63, 3.8) is 0 Å². The summed E-state index contributed by atoms with van der Waals surface area (Å²) in [6.07, 6.45) is 3.37. The predicted octanol–water partition coefficient (Wildman–Crippen LogP) is 1.99. The van der Waals surface area contributed by atoms with Gasteiger partial charge in [-0.2, -0.15) is 5.10 Å². The highest BCUT2D eigenvalue weighted by molar-refractivity contribution is 6.30. The van der Waals surface area contributed by atoms with Crippen LogP contribution in [0.4, 0.5) is 5.69 Å². The highest BCUT2D eigenvalue weighted by atomic mass is 35.5. The molecule has 0 atom stereocenters. The van der Waals surface area contributed by atoms with Gasteiger partial charge in [-0.15, -0.1) is 0 Å². The first-order valence-electron chi connectivity index (χ1n) is 5.64. The Labute approximate surface area is 115 Å². The van der Waals surface area contributed by atoms with Gasteiger partial charge in [-0.25, -0.2) is 9.78 Å². The van der Waals surface area contributed by atoms with Gasteiger partial charge in [0.15, 0.2) is 0 Å². The second kappa shape index (κ2) is 5.27. The number of hydrogen-bond donors (Lipinski definition) is 1. The van der Waals surface area contributed by atoms with Crippen LogP contribution in [0.1, 0.15) is 17.3 Å². The normalized spacial score (nSPS) is 10.5. The third kappa shape index (κ3) is 2.53. The molecule has 0 radical (unpaired) electrons. The van der Waals surface area contributed by atoms with Crippen LogP contribution in [0, 0.1) is 0 Å². The van der Waals surface area contributed by atoms with E-state index in [1.165, 1.54) is 13.2 Å². The van der Waals surface area contributed by atoms with Crippen molar-refractivity contribution >= 4 is 23.3 Å². The Bertz CT molecular complexity index is 624. The van der Waals surface area contributed by atoms with Gasteiger partial charge in [-0.3, -0.25) is 4.68 Å². The third-order valence-electron chi connectivity index (χ3n) is 2.64. The minimum Gasteiger partial charge on any atom is -0.465 e. The number of methoxy groups -OCH3 is 1. The topological polar surface area (TPSA) is 83.0 Å². The molecule has 0 amide bonds. The molecule has 0 aliphatic rings. The number of esters is 1. The van der Waals surface area contributed by atoms with Crippen LogP contribution in [-0.2, 0) is 11.3 Å². The number of rotatable bonds is 3. The van der Waals surface area contributed by atoms with Crippen LogP contribution in [0.3, 0.4) is 0 Å². The summed E-state index contributed by atoms with van der Waals surface area (Å²) < 4.78 is 6.44. The molecule has 19 heavy (non-hydrogen) atoms. The zero-order valence-electron chi connectivity index (χ0n) is 10.6. The average molecular weight is 281 g/mol. The van der Waals surface area contributed by atoms with E-state index >= 15 is 0 Å². The van der Waals surface area contributed by atoms with E-state index in [9.17, 15) is 4.79 Å². The molecule has 0 spiro atoms. The van der Waals surface area contributed by atoms with Crippen molar-refractivity contribution in [1.82, 2.24) is 14.8 Å². The van der Waals surface area contributed by atoms with E-state index in [1.807, 2.05) is 6.92 Å². The SMILES string of the molecule is CCn1cc(-c2nc(Cl)cc(N)c2C(=O)OC)cn1. The Kier molecular flexibility index (Phi) is 3.71. The van der Waals surface area contributed by atoms with E-state index < -0.39 is 5.97 Å². The zero-order chi connectivity index (χ0) is 14.0. The quantitative estimate of drug-likeness (QED) is 0.687. The molecule has 0 saturated heterocycles. The van der Waals surface area contributed by atoms with E-state index in [0.717, 1.165) is 0 Å². The molecule has 0 aliphatic heterocycles. The molecule has 0 aliphatic carbocycles. The molecule has 0 aromatic carbocycles. The van der Waals surface area contributed by atoms with Gasteiger partial charge < -0.3 is 10.5 Å². The molecule has 0 unspecified atom stereocenters. The summed E-state index contributed by atoms with van der Waals surface area (Å²) in [5.74, 6) is -0.555. The molecular formula is C12H13ClN4O2. The van der Waals surface area contributed by atoms with Gasteiger partial charge >= 0.3 is 5.97 Å². The first-order chi connectivity index (χ1) is 9.06. The Balaban J connectivity index is 2.63. The Hall–Kier alpha value is -2.08. The van der Waals surface area contributed by atoms with Crippen molar-refractivity contribution in [3.8, 4) is 11.3 Å². The number of halogens is 1. The highest BCUT2D eigenvalue weighted by Crippen LogP contribution is 2.28. The number of pyridine rings is 1. The summed E-state index contributed by atoms with van der Waals surface area (Å²) in [6, 6.07) is 1.42. The molecule has 2 heterocycles. The molecule has 6 nitrogen and oxygen atoms in total. The summed E-state index contributed by atoms with van der Waals surface area (Å²) >= 11 is 5.89. The number of anilines is 1. The lowest BCUT2D eigenvalue weighted by atomic mass is 10.1.